The first-order valence-electron chi connectivity index (χ1n) is 5.80. The van der Waals surface area contributed by atoms with Gasteiger partial charge in [-0.2, -0.15) is 0 Å². The molecule has 1 rings (SSSR count). The molecule has 0 fully saturated rings. The maximum absolute atomic E-state index is 13.0. The van der Waals surface area contributed by atoms with E-state index in [-0.39, 0.29) is 17.2 Å². The fraction of sp³-hybridized carbons (Fsp3) is 0.538. The predicted molar refractivity (Wildman–Crippen MR) is 68.8 cm³/mol. The minimum absolute atomic E-state index is 0.0313. The van der Waals surface area contributed by atoms with E-state index in [1.54, 1.807) is 19.2 Å². The highest BCUT2D eigenvalue weighted by Crippen LogP contribution is 2.18. The van der Waals surface area contributed by atoms with Crippen LogP contribution < -0.4 is 5.73 Å². The van der Waals surface area contributed by atoms with Crippen molar-refractivity contribution in [3.8, 4) is 0 Å². The molecule has 17 heavy (non-hydrogen) atoms. The van der Waals surface area contributed by atoms with E-state index in [2.05, 4.69) is 6.92 Å². The van der Waals surface area contributed by atoms with Gasteiger partial charge in [-0.05, 0) is 30.5 Å². The van der Waals surface area contributed by atoms with Crippen LogP contribution in [0.25, 0.3) is 0 Å². The Bertz CT molecular complexity index is 359. The Kier molecular flexibility index (Phi) is 5.89. The Morgan fingerprint density at radius 1 is 1.47 bits per heavy atom. The highest BCUT2D eigenvalue weighted by Gasteiger charge is 2.17. The molecule has 4 heteroatoms. The van der Waals surface area contributed by atoms with Crippen molar-refractivity contribution < 1.29 is 9.13 Å². The van der Waals surface area contributed by atoms with Crippen LogP contribution in [0.4, 0.5) is 4.39 Å². The first-order valence-corrected chi connectivity index (χ1v) is 6.18. The van der Waals surface area contributed by atoms with Crippen molar-refractivity contribution in [3.63, 3.8) is 0 Å². The van der Waals surface area contributed by atoms with Crippen LogP contribution in [0, 0.1) is 5.82 Å². The normalized spacial score (nSPS) is 14.6. The van der Waals surface area contributed by atoms with Crippen LogP contribution in [-0.2, 0) is 11.2 Å². The molecule has 2 N–H and O–H groups in total. The quantitative estimate of drug-likeness (QED) is 0.852. The molecule has 96 valence electrons. The van der Waals surface area contributed by atoms with Crippen molar-refractivity contribution in [2.24, 2.45) is 5.73 Å². The van der Waals surface area contributed by atoms with Crippen LogP contribution in [0.5, 0.6) is 0 Å². The Labute approximate surface area is 107 Å². The molecule has 1 aromatic rings. The molecule has 0 heterocycles. The fourth-order valence-corrected chi connectivity index (χ4v) is 2.06. The summed E-state index contributed by atoms with van der Waals surface area (Å²) in [6.07, 6.45) is 2.62. The molecule has 0 aliphatic heterocycles. The lowest BCUT2D eigenvalue weighted by molar-refractivity contribution is 0.0726. The van der Waals surface area contributed by atoms with Gasteiger partial charge in [-0.3, -0.25) is 0 Å². The second-order valence-corrected chi connectivity index (χ2v) is 4.59. The maximum Gasteiger partial charge on any atom is 0.141 e. The lowest BCUT2D eigenvalue weighted by atomic mass is 9.99. The standard InChI is InChI=1S/C13H19ClFNO/c1-3-4-13(17-2)12(16)8-9-5-6-11(15)10(14)7-9/h5-7,12-13H,3-4,8,16H2,1-2H3. The van der Waals surface area contributed by atoms with Gasteiger partial charge >= 0.3 is 0 Å². The zero-order valence-electron chi connectivity index (χ0n) is 10.2. The van der Waals surface area contributed by atoms with Crippen LogP contribution in [0.2, 0.25) is 5.02 Å². The molecule has 2 atom stereocenters. The van der Waals surface area contributed by atoms with Gasteiger partial charge in [0.05, 0.1) is 11.1 Å². The highest BCUT2D eigenvalue weighted by molar-refractivity contribution is 6.30. The van der Waals surface area contributed by atoms with Crippen molar-refractivity contribution in [2.45, 2.75) is 38.3 Å². The molecule has 0 radical (unpaired) electrons. The van der Waals surface area contributed by atoms with Crippen LogP contribution >= 0.6 is 11.6 Å². The number of rotatable bonds is 6. The van der Waals surface area contributed by atoms with Crippen molar-refractivity contribution in [3.05, 3.63) is 34.6 Å². The van der Waals surface area contributed by atoms with E-state index in [1.807, 2.05) is 0 Å². The van der Waals surface area contributed by atoms with Gasteiger partial charge in [0.1, 0.15) is 5.82 Å². The lowest BCUT2D eigenvalue weighted by Gasteiger charge is -2.22. The van der Waals surface area contributed by atoms with Crippen molar-refractivity contribution in [2.75, 3.05) is 7.11 Å². The number of hydrogen-bond acceptors (Lipinski definition) is 2. The molecule has 0 aliphatic rings. The number of methoxy groups -OCH3 is 1. The van der Waals surface area contributed by atoms with E-state index in [0.29, 0.717) is 6.42 Å². The second-order valence-electron chi connectivity index (χ2n) is 4.18. The molecule has 2 nitrogen and oxygen atoms in total. The largest absolute Gasteiger partial charge is 0.380 e. The van der Waals surface area contributed by atoms with Gasteiger partial charge in [0.2, 0.25) is 0 Å². The average molecular weight is 260 g/mol. The van der Waals surface area contributed by atoms with E-state index in [9.17, 15) is 4.39 Å². The van der Waals surface area contributed by atoms with Gasteiger partial charge in [-0.25, -0.2) is 4.39 Å². The molecular weight excluding hydrogens is 241 g/mol. The van der Waals surface area contributed by atoms with Gasteiger partial charge in [-0.1, -0.05) is 31.0 Å². The zero-order valence-corrected chi connectivity index (χ0v) is 11.0. The van der Waals surface area contributed by atoms with E-state index in [1.165, 1.54) is 6.07 Å². The minimum atomic E-state index is -0.402. The third-order valence-corrected chi connectivity index (χ3v) is 3.10. The van der Waals surface area contributed by atoms with E-state index >= 15 is 0 Å². The van der Waals surface area contributed by atoms with E-state index < -0.39 is 5.82 Å². The molecule has 0 bridgehead atoms. The Balaban J connectivity index is 2.66. The minimum Gasteiger partial charge on any atom is -0.380 e. The molecule has 0 amide bonds. The summed E-state index contributed by atoms with van der Waals surface area (Å²) < 4.78 is 18.3. The van der Waals surface area contributed by atoms with E-state index in [0.717, 1.165) is 18.4 Å². The predicted octanol–water partition coefficient (Wildman–Crippen LogP) is 3.16. The maximum atomic E-state index is 13.0. The van der Waals surface area contributed by atoms with E-state index in [4.69, 9.17) is 22.1 Å². The Morgan fingerprint density at radius 2 is 2.18 bits per heavy atom. The van der Waals surface area contributed by atoms with Crippen LogP contribution in [0.1, 0.15) is 25.3 Å². The third kappa shape index (κ3) is 4.26. The topological polar surface area (TPSA) is 35.2 Å². The van der Waals surface area contributed by atoms with Gasteiger partial charge in [0, 0.05) is 13.2 Å². The average Bonchev–Trinajstić information content (AvgIpc) is 2.30. The smallest absolute Gasteiger partial charge is 0.141 e. The van der Waals surface area contributed by atoms with Gasteiger partial charge in [0.25, 0.3) is 0 Å². The fourth-order valence-electron chi connectivity index (χ4n) is 1.86. The first kappa shape index (κ1) is 14.4. The summed E-state index contributed by atoms with van der Waals surface area (Å²) in [5, 5.41) is 0.138. The van der Waals surface area contributed by atoms with Crippen LogP contribution in [-0.4, -0.2) is 19.3 Å². The SMILES string of the molecule is CCCC(OC)C(N)Cc1ccc(F)c(Cl)c1. The van der Waals surface area contributed by atoms with Crippen LogP contribution in [0.15, 0.2) is 18.2 Å². The summed E-state index contributed by atoms with van der Waals surface area (Å²) in [6, 6.07) is 4.60. The summed E-state index contributed by atoms with van der Waals surface area (Å²) >= 11 is 5.72. The van der Waals surface area contributed by atoms with Crippen molar-refractivity contribution in [1.29, 1.82) is 0 Å². The molecule has 0 saturated heterocycles. The molecule has 0 spiro atoms. The molecule has 1 aromatic carbocycles. The summed E-state index contributed by atoms with van der Waals surface area (Å²) in [6.45, 7) is 2.09. The lowest BCUT2D eigenvalue weighted by Crippen LogP contribution is -2.37. The van der Waals surface area contributed by atoms with Crippen LogP contribution in [0.3, 0.4) is 0 Å². The molecule has 2 unspecified atom stereocenters. The van der Waals surface area contributed by atoms with Gasteiger partial charge < -0.3 is 10.5 Å². The van der Waals surface area contributed by atoms with Crippen molar-refractivity contribution in [1.82, 2.24) is 0 Å². The number of hydrogen-bond donors (Lipinski definition) is 1. The first-order chi connectivity index (χ1) is 8.08. The Hall–Kier alpha value is -0.640. The summed E-state index contributed by atoms with van der Waals surface area (Å²) in [4.78, 5) is 0. The number of benzene rings is 1. The number of nitrogens with two attached hydrogens (primary N) is 1. The highest BCUT2D eigenvalue weighted by atomic mass is 35.5. The molecule has 0 aliphatic carbocycles. The molecule has 0 saturated carbocycles. The van der Waals surface area contributed by atoms with Crippen molar-refractivity contribution >= 4 is 11.6 Å². The zero-order chi connectivity index (χ0) is 12.8. The third-order valence-electron chi connectivity index (χ3n) is 2.81. The summed E-state index contributed by atoms with van der Waals surface area (Å²) in [5.74, 6) is -0.402. The number of ether oxygens (including phenoxy) is 1. The van der Waals surface area contributed by atoms with Gasteiger partial charge in [-0.15, -0.1) is 0 Å². The second kappa shape index (κ2) is 6.94. The summed E-state index contributed by atoms with van der Waals surface area (Å²) in [5.41, 5.74) is 7.01. The summed E-state index contributed by atoms with van der Waals surface area (Å²) in [7, 11) is 1.66. The van der Waals surface area contributed by atoms with Gasteiger partial charge in [0.15, 0.2) is 0 Å². The molecular formula is C13H19ClFNO. The monoisotopic (exact) mass is 259 g/mol. The number of halogens is 2. The Morgan fingerprint density at radius 3 is 2.71 bits per heavy atom. The molecule has 0 aromatic heterocycles.